The van der Waals surface area contributed by atoms with Crippen LogP contribution in [0.15, 0.2) is 22.7 Å². The third-order valence-corrected chi connectivity index (χ3v) is 3.69. The Morgan fingerprint density at radius 2 is 2.00 bits per heavy atom. The number of carbonyl (C=O) groups is 1. The van der Waals surface area contributed by atoms with E-state index < -0.39 is 5.82 Å². The number of halogens is 2. The van der Waals surface area contributed by atoms with Crippen molar-refractivity contribution < 1.29 is 9.18 Å². The molecular weight excluding hydrogens is 299 g/mol. The Morgan fingerprint density at radius 3 is 2.61 bits per heavy atom. The van der Waals surface area contributed by atoms with Crippen molar-refractivity contribution in [1.29, 1.82) is 0 Å². The molecule has 0 saturated carbocycles. The smallest absolute Gasteiger partial charge is 0.179 e. The van der Waals surface area contributed by atoms with Crippen molar-refractivity contribution in [3.63, 3.8) is 0 Å². The lowest BCUT2D eigenvalue weighted by atomic mass is 10.1. The molecule has 3 nitrogen and oxygen atoms in total. The van der Waals surface area contributed by atoms with Gasteiger partial charge in [-0.2, -0.15) is 0 Å². The maximum atomic E-state index is 13.6. The van der Waals surface area contributed by atoms with E-state index in [1.54, 1.807) is 6.07 Å². The molecule has 0 spiro atoms. The first-order chi connectivity index (χ1) is 8.56. The average Bonchev–Trinajstić information content (AvgIpc) is 2.32. The first kappa shape index (κ1) is 13.6. The molecule has 5 heteroatoms. The van der Waals surface area contributed by atoms with Gasteiger partial charge in [-0.25, -0.2) is 4.39 Å². The maximum absolute atomic E-state index is 13.6. The van der Waals surface area contributed by atoms with Gasteiger partial charge in [0, 0.05) is 30.7 Å². The van der Waals surface area contributed by atoms with E-state index in [2.05, 4.69) is 32.8 Å². The van der Waals surface area contributed by atoms with Gasteiger partial charge in [-0.15, -0.1) is 0 Å². The van der Waals surface area contributed by atoms with Gasteiger partial charge in [0.05, 0.1) is 12.1 Å². The number of carbonyl (C=O) groups excluding carboxylic acids is 1. The Bertz CT molecular complexity index is 445. The molecule has 1 saturated heterocycles. The molecule has 98 valence electrons. The van der Waals surface area contributed by atoms with Gasteiger partial charge in [0.15, 0.2) is 5.78 Å². The van der Waals surface area contributed by atoms with E-state index in [-0.39, 0.29) is 11.3 Å². The van der Waals surface area contributed by atoms with E-state index in [0.29, 0.717) is 11.0 Å². The van der Waals surface area contributed by atoms with Crippen LogP contribution in [0.2, 0.25) is 0 Å². The molecule has 1 aliphatic rings. The quantitative estimate of drug-likeness (QED) is 0.798. The third-order valence-electron chi connectivity index (χ3n) is 3.19. The van der Waals surface area contributed by atoms with Crippen molar-refractivity contribution in [3.05, 3.63) is 34.1 Å². The molecule has 0 N–H and O–H groups in total. The zero-order chi connectivity index (χ0) is 13.1. The zero-order valence-corrected chi connectivity index (χ0v) is 11.9. The lowest BCUT2D eigenvalue weighted by Gasteiger charge is -2.31. The molecule has 0 amide bonds. The number of hydrogen-bond donors (Lipinski definition) is 0. The maximum Gasteiger partial charge on any atom is 0.179 e. The molecule has 0 bridgehead atoms. The number of benzene rings is 1. The van der Waals surface area contributed by atoms with E-state index in [1.165, 1.54) is 12.1 Å². The van der Waals surface area contributed by atoms with Gasteiger partial charge >= 0.3 is 0 Å². The van der Waals surface area contributed by atoms with Crippen LogP contribution in [0, 0.1) is 5.82 Å². The monoisotopic (exact) mass is 314 g/mol. The van der Waals surface area contributed by atoms with Crippen molar-refractivity contribution in [1.82, 2.24) is 9.80 Å². The Hall–Kier alpha value is -0.780. The van der Waals surface area contributed by atoms with Crippen molar-refractivity contribution in [2.24, 2.45) is 0 Å². The number of ketones is 1. The Morgan fingerprint density at radius 1 is 1.33 bits per heavy atom. The second-order valence-electron chi connectivity index (χ2n) is 4.63. The van der Waals surface area contributed by atoms with Crippen LogP contribution < -0.4 is 0 Å². The average molecular weight is 315 g/mol. The van der Waals surface area contributed by atoms with Crippen molar-refractivity contribution in [2.75, 3.05) is 39.8 Å². The summed E-state index contributed by atoms with van der Waals surface area (Å²) in [6, 6.07) is 4.56. The highest BCUT2D eigenvalue weighted by Gasteiger charge is 2.19. The van der Waals surface area contributed by atoms with Crippen LogP contribution in [-0.2, 0) is 0 Å². The standard InChI is InChI=1S/C13H16BrFN2O/c1-16-4-6-17(7-5-16)9-13(18)11-3-2-10(14)8-12(11)15/h2-3,8H,4-7,9H2,1H3. The highest BCUT2D eigenvalue weighted by molar-refractivity contribution is 9.10. The van der Waals surface area contributed by atoms with Gasteiger partial charge in [-0.05, 0) is 25.2 Å². The summed E-state index contributed by atoms with van der Waals surface area (Å²) in [6.45, 7) is 3.93. The SMILES string of the molecule is CN1CCN(CC(=O)c2ccc(Br)cc2F)CC1. The summed E-state index contributed by atoms with van der Waals surface area (Å²) in [6.07, 6.45) is 0. The molecule has 0 unspecified atom stereocenters. The summed E-state index contributed by atoms with van der Waals surface area (Å²) in [5.74, 6) is -0.604. The minimum absolute atomic E-state index is 0.149. The van der Waals surface area contributed by atoms with E-state index in [1.807, 2.05) is 0 Å². The predicted octanol–water partition coefficient (Wildman–Crippen LogP) is 2.02. The van der Waals surface area contributed by atoms with Gasteiger partial charge in [-0.3, -0.25) is 9.69 Å². The molecule has 18 heavy (non-hydrogen) atoms. The minimum atomic E-state index is -0.455. The minimum Gasteiger partial charge on any atom is -0.304 e. The molecule has 0 atom stereocenters. The van der Waals surface area contributed by atoms with Gasteiger partial charge in [-0.1, -0.05) is 15.9 Å². The molecule has 1 fully saturated rings. The molecule has 1 heterocycles. The fourth-order valence-corrected chi connectivity index (χ4v) is 2.34. The van der Waals surface area contributed by atoms with Gasteiger partial charge in [0.1, 0.15) is 5.82 Å². The Labute approximate surface area is 115 Å². The fourth-order valence-electron chi connectivity index (χ4n) is 2.01. The van der Waals surface area contributed by atoms with Crippen LogP contribution >= 0.6 is 15.9 Å². The van der Waals surface area contributed by atoms with Crippen molar-refractivity contribution >= 4 is 21.7 Å². The first-order valence-electron chi connectivity index (χ1n) is 5.95. The highest BCUT2D eigenvalue weighted by Crippen LogP contribution is 2.16. The summed E-state index contributed by atoms with van der Waals surface area (Å²) < 4.78 is 14.3. The van der Waals surface area contributed by atoms with E-state index in [0.717, 1.165) is 26.2 Å². The highest BCUT2D eigenvalue weighted by atomic mass is 79.9. The molecule has 1 aromatic carbocycles. The molecule has 1 aromatic rings. The molecule has 0 aliphatic carbocycles. The molecular formula is C13H16BrFN2O. The number of rotatable bonds is 3. The lowest BCUT2D eigenvalue weighted by molar-refractivity contribution is 0.0872. The van der Waals surface area contributed by atoms with E-state index >= 15 is 0 Å². The topological polar surface area (TPSA) is 23.6 Å². The normalized spacial score (nSPS) is 17.9. The van der Waals surface area contributed by atoms with Crippen LogP contribution in [0.5, 0.6) is 0 Å². The zero-order valence-electron chi connectivity index (χ0n) is 10.3. The predicted molar refractivity (Wildman–Crippen MR) is 72.4 cm³/mol. The molecule has 0 radical (unpaired) electrons. The van der Waals surface area contributed by atoms with Gasteiger partial charge in [0.25, 0.3) is 0 Å². The van der Waals surface area contributed by atoms with Crippen LogP contribution in [0.1, 0.15) is 10.4 Å². The summed E-state index contributed by atoms with van der Waals surface area (Å²) in [4.78, 5) is 16.3. The fraction of sp³-hybridized carbons (Fsp3) is 0.462. The van der Waals surface area contributed by atoms with Gasteiger partial charge in [0.2, 0.25) is 0 Å². The summed E-state index contributed by atoms with van der Waals surface area (Å²) in [7, 11) is 2.06. The lowest BCUT2D eigenvalue weighted by Crippen LogP contribution is -2.46. The Kier molecular flexibility index (Phi) is 4.48. The second kappa shape index (κ2) is 5.91. The van der Waals surface area contributed by atoms with Crippen LogP contribution in [0.3, 0.4) is 0 Å². The number of Topliss-reactive ketones (excluding diaryl/α,β-unsaturated/α-hetero) is 1. The summed E-state index contributed by atoms with van der Waals surface area (Å²) in [5, 5.41) is 0. The second-order valence-corrected chi connectivity index (χ2v) is 5.54. The van der Waals surface area contributed by atoms with E-state index in [9.17, 15) is 9.18 Å². The van der Waals surface area contributed by atoms with E-state index in [4.69, 9.17) is 0 Å². The largest absolute Gasteiger partial charge is 0.304 e. The third kappa shape index (κ3) is 3.37. The van der Waals surface area contributed by atoms with Crippen molar-refractivity contribution in [2.45, 2.75) is 0 Å². The number of nitrogens with zero attached hydrogens (tertiary/aromatic N) is 2. The molecule has 1 aliphatic heterocycles. The van der Waals surface area contributed by atoms with Crippen LogP contribution in [0.25, 0.3) is 0 Å². The van der Waals surface area contributed by atoms with Crippen LogP contribution in [-0.4, -0.2) is 55.4 Å². The summed E-state index contributed by atoms with van der Waals surface area (Å²) in [5.41, 5.74) is 0.178. The number of piperazine rings is 1. The summed E-state index contributed by atoms with van der Waals surface area (Å²) >= 11 is 3.18. The number of likely N-dealkylation sites (N-methyl/N-ethyl adjacent to an activating group) is 1. The number of hydrogen-bond acceptors (Lipinski definition) is 3. The Balaban J connectivity index is 1.99. The first-order valence-corrected chi connectivity index (χ1v) is 6.75. The van der Waals surface area contributed by atoms with Crippen molar-refractivity contribution in [3.8, 4) is 0 Å². The van der Waals surface area contributed by atoms with Crippen LogP contribution in [0.4, 0.5) is 4.39 Å². The van der Waals surface area contributed by atoms with Gasteiger partial charge < -0.3 is 4.90 Å². The molecule has 2 rings (SSSR count). The molecule has 0 aromatic heterocycles.